The molecule has 0 aliphatic carbocycles. The van der Waals surface area contributed by atoms with Crippen LogP contribution in [0.3, 0.4) is 0 Å². The Morgan fingerprint density at radius 3 is 2.52 bits per heavy atom. The van der Waals surface area contributed by atoms with E-state index in [2.05, 4.69) is 29.0 Å². The molecule has 2 aromatic carbocycles. The summed E-state index contributed by atoms with van der Waals surface area (Å²) in [5.41, 5.74) is 5.78. The number of aromatic nitrogens is 3. The van der Waals surface area contributed by atoms with Crippen molar-refractivity contribution < 1.29 is 0 Å². The molecule has 0 bridgehead atoms. The number of aryl methyl sites for hydroxylation is 2. The van der Waals surface area contributed by atoms with Crippen LogP contribution in [0.15, 0.2) is 60.8 Å². The van der Waals surface area contributed by atoms with Gasteiger partial charge in [0.15, 0.2) is 5.82 Å². The summed E-state index contributed by atoms with van der Waals surface area (Å²) in [5.74, 6) is 0.630. The Morgan fingerprint density at radius 1 is 0.840 bits per heavy atom. The van der Waals surface area contributed by atoms with Crippen LogP contribution in [-0.4, -0.2) is 15.0 Å². The van der Waals surface area contributed by atoms with Crippen molar-refractivity contribution in [1.29, 1.82) is 0 Å². The second-order valence-electron chi connectivity index (χ2n) is 6.08. The van der Waals surface area contributed by atoms with E-state index in [0.717, 1.165) is 44.0 Å². The van der Waals surface area contributed by atoms with Gasteiger partial charge in [0.05, 0.1) is 11.2 Å². The first kappa shape index (κ1) is 15.7. The molecule has 0 aliphatic heterocycles. The quantitative estimate of drug-likeness (QED) is 0.472. The van der Waals surface area contributed by atoms with Crippen LogP contribution in [0.1, 0.15) is 11.1 Å². The molecule has 25 heavy (non-hydrogen) atoms. The summed E-state index contributed by atoms with van der Waals surface area (Å²) in [6.07, 6.45) is 1.84. The summed E-state index contributed by atoms with van der Waals surface area (Å²) in [7, 11) is 0. The number of pyridine rings is 1. The number of halogens is 1. The summed E-state index contributed by atoms with van der Waals surface area (Å²) in [6.45, 7) is 4.05. The van der Waals surface area contributed by atoms with Crippen molar-refractivity contribution in [3.8, 4) is 22.8 Å². The molecule has 2 heterocycles. The summed E-state index contributed by atoms with van der Waals surface area (Å²) in [5, 5.41) is 1.78. The van der Waals surface area contributed by atoms with Gasteiger partial charge in [0, 0.05) is 22.2 Å². The van der Waals surface area contributed by atoms with E-state index in [1.54, 1.807) is 0 Å². The Balaban J connectivity index is 1.84. The number of hydrogen-bond acceptors (Lipinski definition) is 3. The SMILES string of the molecule is Cc1cc(-c2nc(-c3ncc4ccccc4n3)ccc2C)ccc1Cl. The number of fused-ring (bicyclic) bond motifs is 1. The molecule has 0 aliphatic rings. The van der Waals surface area contributed by atoms with Gasteiger partial charge in [-0.1, -0.05) is 41.9 Å². The van der Waals surface area contributed by atoms with E-state index in [-0.39, 0.29) is 0 Å². The lowest BCUT2D eigenvalue weighted by molar-refractivity contribution is 1.17. The van der Waals surface area contributed by atoms with E-state index in [0.29, 0.717) is 5.82 Å². The summed E-state index contributed by atoms with van der Waals surface area (Å²) in [6, 6.07) is 17.9. The standard InChI is InChI=1S/C21H16ClN3/c1-13-7-10-19(21-23-12-16-5-3-4-6-18(16)25-21)24-20(13)15-8-9-17(22)14(2)11-15/h3-12H,1-2H3. The highest BCUT2D eigenvalue weighted by Crippen LogP contribution is 2.28. The molecule has 4 aromatic rings. The zero-order valence-electron chi connectivity index (χ0n) is 14.0. The van der Waals surface area contributed by atoms with E-state index in [1.165, 1.54) is 0 Å². The van der Waals surface area contributed by atoms with Crippen molar-refractivity contribution >= 4 is 22.5 Å². The van der Waals surface area contributed by atoms with Gasteiger partial charge in [-0.2, -0.15) is 0 Å². The molecular weight excluding hydrogens is 330 g/mol. The molecule has 0 radical (unpaired) electrons. The second-order valence-corrected chi connectivity index (χ2v) is 6.49. The molecule has 4 rings (SSSR count). The Labute approximate surface area is 151 Å². The fourth-order valence-corrected chi connectivity index (χ4v) is 2.95. The van der Waals surface area contributed by atoms with Gasteiger partial charge < -0.3 is 0 Å². The summed E-state index contributed by atoms with van der Waals surface area (Å²) >= 11 is 6.15. The molecule has 0 saturated heterocycles. The van der Waals surface area contributed by atoms with Crippen LogP contribution in [0.25, 0.3) is 33.7 Å². The second kappa shape index (κ2) is 6.26. The Hall–Kier alpha value is -2.78. The molecule has 122 valence electrons. The molecule has 0 saturated carbocycles. The zero-order chi connectivity index (χ0) is 17.4. The zero-order valence-corrected chi connectivity index (χ0v) is 14.7. The van der Waals surface area contributed by atoms with E-state index >= 15 is 0 Å². The molecule has 0 atom stereocenters. The first-order chi connectivity index (χ1) is 12.1. The highest BCUT2D eigenvalue weighted by Gasteiger charge is 2.10. The lowest BCUT2D eigenvalue weighted by Crippen LogP contribution is -1.96. The van der Waals surface area contributed by atoms with Gasteiger partial charge in [0.1, 0.15) is 5.69 Å². The van der Waals surface area contributed by atoms with Crippen molar-refractivity contribution in [2.24, 2.45) is 0 Å². The van der Waals surface area contributed by atoms with Crippen molar-refractivity contribution in [2.75, 3.05) is 0 Å². The smallest absolute Gasteiger partial charge is 0.178 e. The molecule has 0 N–H and O–H groups in total. The van der Waals surface area contributed by atoms with Gasteiger partial charge in [-0.25, -0.2) is 15.0 Å². The van der Waals surface area contributed by atoms with Crippen LogP contribution >= 0.6 is 11.6 Å². The molecule has 4 heteroatoms. The van der Waals surface area contributed by atoms with Gasteiger partial charge in [0.25, 0.3) is 0 Å². The minimum atomic E-state index is 0.630. The topological polar surface area (TPSA) is 38.7 Å². The highest BCUT2D eigenvalue weighted by molar-refractivity contribution is 6.31. The molecule has 0 unspecified atom stereocenters. The van der Waals surface area contributed by atoms with E-state index in [9.17, 15) is 0 Å². The fourth-order valence-electron chi connectivity index (χ4n) is 2.83. The molecule has 2 aromatic heterocycles. The van der Waals surface area contributed by atoms with Crippen LogP contribution in [0, 0.1) is 13.8 Å². The van der Waals surface area contributed by atoms with Gasteiger partial charge in [-0.3, -0.25) is 0 Å². The Kier molecular flexibility index (Phi) is 3.94. The number of rotatable bonds is 2. The molecule has 0 spiro atoms. The largest absolute Gasteiger partial charge is 0.244 e. The van der Waals surface area contributed by atoms with Gasteiger partial charge in [-0.05, 0) is 49.2 Å². The Bertz CT molecular complexity index is 1090. The van der Waals surface area contributed by atoms with Gasteiger partial charge >= 0.3 is 0 Å². The van der Waals surface area contributed by atoms with Crippen LogP contribution in [-0.2, 0) is 0 Å². The van der Waals surface area contributed by atoms with Gasteiger partial charge in [0.2, 0.25) is 0 Å². The maximum Gasteiger partial charge on any atom is 0.178 e. The summed E-state index contributed by atoms with van der Waals surface area (Å²) < 4.78 is 0. The third-order valence-electron chi connectivity index (χ3n) is 4.25. The predicted octanol–water partition coefficient (Wildman–Crippen LogP) is 5.63. The van der Waals surface area contributed by atoms with Crippen molar-refractivity contribution in [3.63, 3.8) is 0 Å². The van der Waals surface area contributed by atoms with Crippen molar-refractivity contribution in [2.45, 2.75) is 13.8 Å². The maximum atomic E-state index is 6.15. The third-order valence-corrected chi connectivity index (χ3v) is 4.67. The maximum absolute atomic E-state index is 6.15. The minimum absolute atomic E-state index is 0.630. The normalized spacial score (nSPS) is 11.0. The lowest BCUT2D eigenvalue weighted by atomic mass is 10.0. The average Bonchev–Trinajstić information content (AvgIpc) is 2.64. The number of para-hydroxylation sites is 1. The summed E-state index contributed by atoms with van der Waals surface area (Å²) in [4.78, 5) is 13.9. The number of hydrogen-bond donors (Lipinski definition) is 0. The van der Waals surface area contributed by atoms with E-state index in [1.807, 2.05) is 55.6 Å². The highest BCUT2D eigenvalue weighted by atomic mass is 35.5. The van der Waals surface area contributed by atoms with Crippen LogP contribution in [0.2, 0.25) is 5.02 Å². The van der Waals surface area contributed by atoms with Crippen LogP contribution in [0.5, 0.6) is 0 Å². The van der Waals surface area contributed by atoms with Crippen LogP contribution < -0.4 is 0 Å². The molecular formula is C21H16ClN3. The number of benzene rings is 2. The van der Waals surface area contributed by atoms with Crippen molar-refractivity contribution in [1.82, 2.24) is 15.0 Å². The Morgan fingerprint density at radius 2 is 1.68 bits per heavy atom. The minimum Gasteiger partial charge on any atom is -0.244 e. The molecule has 0 fully saturated rings. The molecule has 3 nitrogen and oxygen atoms in total. The molecule has 0 amide bonds. The average molecular weight is 346 g/mol. The lowest BCUT2D eigenvalue weighted by Gasteiger charge is -2.09. The van der Waals surface area contributed by atoms with E-state index < -0.39 is 0 Å². The monoisotopic (exact) mass is 345 g/mol. The first-order valence-corrected chi connectivity index (χ1v) is 8.46. The van der Waals surface area contributed by atoms with Crippen LogP contribution in [0.4, 0.5) is 0 Å². The van der Waals surface area contributed by atoms with E-state index in [4.69, 9.17) is 16.6 Å². The van der Waals surface area contributed by atoms with Crippen molar-refractivity contribution in [3.05, 3.63) is 76.9 Å². The first-order valence-electron chi connectivity index (χ1n) is 8.08. The van der Waals surface area contributed by atoms with Gasteiger partial charge in [-0.15, -0.1) is 0 Å². The fraction of sp³-hybridized carbons (Fsp3) is 0.0952. The predicted molar refractivity (Wildman–Crippen MR) is 103 cm³/mol. The number of nitrogens with zero attached hydrogens (tertiary/aromatic N) is 3. The third kappa shape index (κ3) is 2.99.